The molecule has 0 saturated carbocycles. The van der Waals surface area contributed by atoms with Gasteiger partial charge in [0.1, 0.15) is 18.1 Å². The predicted octanol–water partition coefficient (Wildman–Crippen LogP) is 3.14. The van der Waals surface area contributed by atoms with Crippen molar-refractivity contribution in [3.63, 3.8) is 0 Å². The number of aliphatic hydroxyl groups excluding tert-OH is 1. The summed E-state index contributed by atoms with van der Waals surface area (Å²) in [5, 5.41) is 15.0. The summed E-state index contributed by atoms with van der Waals surface area (Å²) in [5.74, 6) is 1.35. The van der Waals surface area contributed by atoms with Crippen LogP contribution in [0.4, 0.5) is 0 Å². The zero-order valence-corrected chi connectivity index (χ0v) is 16.2. The molecule has 1 heterocycles. The molecule has 1 rings (SSSR count). The van der Waals surface area contributed by atoms with Crippen LogP contribution < -0.4 is 10.6 Å². The van der Waals surface area contributed by atoms with E-state index < -0.39 is 0 Å². The van der Waals surface area contributed by atoms with Crippen LogP contribution in [0.15, 0.2) is 16.5 Å². The van der Waals surface area contributed by atoms with Crippen LogP contribution in [0, 0.1) is 0 Å². The standard InChI is InChI=1S/C20H36N2O4/c1-2-3-4-5-6-7-8-9-20(24)25-17-19-11-10-18(26-19)16-22-13-12-21-14-15-23/h10-11,21-23H,2-9,12-17H2,1H3. The Balaban J connectivity index is 2.03. The quantitative estimate of drug-likeness (QED) is 0.289. The van der Waals surface area contributed by atoms with Crippen LogP contribution >= 0.6 is 0 Å². The lowest BCUT2D eigenvalue weighted by atomic mass is 10.1. The van der Waals surface area contributed by atoms with Crippen molar-refractivity contribution in [1.29, 1.82) is 0 Å². The maximum absolute atomic E-state index is 11.8. The van der Waals surface area contributed by atoms with Crippen LogP contribution in [0.3, 0.4) is 0 Å². The average Bonchev–Trinajstić information content (AvgIpc) is 3.10. The van der Waals surface area contributed by atoms with Crippen molar-refractivity contribution >= 4 is 5.97 Å². The normalized spacial score (nSPS) is 11.0. The first-order valence-electron chi connectivity index (χ1n) is 10.0. The molecule has 0 aliphatic heterocycles. The summed E-state index contributed by atoms with van der Waals surface area (Å²) >= 11 is 0. The third kappa shape index (κ3) is 12.1. The van der Waals surface area contributed by atoms with E-state index in [9.17, 15) is 4.79 Å². The number of nitrogens with one attached hydrogen (secondary N) is 2. The summed E-state index contributed by atoms with van der Waals surface area (Å²) in [5.41, 5.74) is 0. The number of carbonyl (C=O) groups is 1. The largest absolute Gasteiger partial charge is 0.461 e. The van der Waals surface area contributed by atoms with Crippen LogP contribution in [-0.2, 0) is 22.7 Å². The molecule has 0 aromatic carbocycles. The molecule has 0 spiro atoms. The van der Waals surface area contributed by atoms with Gasteiger partial charge in [0.2, 0.25) is 0 Å². The minimum absolute atomic E-state index is 0.149. The smallest absolute Gasteiger partial charge is 0.306 e. The molecule has 6 nitrogen and oxygen atoms in total. The van der Waals surface area contributed by atoms with Gasteiger partial charge in [0.05, 0.1) is 13.2 Å². The molecular formula is C20H36N2O4. The molecule has 26 heavy (non-hydrogen) atoms. The highest BCUT2D eigenvalue weighted by atomic mass is 16.5. The zero-order valence-electron chi connectivity index (χ0n) is 16.2. The van der Waals surface area contributed by atoms with Crippen LogP contribution in [0.1, 0.15) is 69.8 Å². The van der Waals surface area contributed by atoms with E-state index in [1.807, 2.05) is 12.1 Å². The Bertz CT molecular complexity index is 462. The highest BCUT2D eigenvalue weighted by Gasteiger charge is 2.07. The first-order chi connectivity index (χ1) is 12.8. The second-order valence-corrected chi connectivity index (χ2v) is 6.55. The van der Waals surface area contributed by atoms with Gasteiger partial charge in [-0.2, -0.15) is 0 Å². The van der Waals surface area contributed by atoms with E-state index in [2.05, 4.69) is 17.6 Å². The van der Waals surface area contributed by atoms with Gasteiger partial charge in [0.25, 0.3) is 0 Å². The molecule has 1 aromatic rings. The average molecular weight is 369 g/mol. The lowest BCUT2D eigenvalue weighted by molar-refractivity contribution is -0.145. The van der Waals surface area contributed by atoms with Gasteiger partial charge in [-0.05, 0) is 18.6 Å². The van der Waals surface area contributed by atoms with Gasteiger partial charge in [-0.1, -0.05) is 45.4 Å². The van der Waals surface area contributed by atoms with Crippen molar-refractivity contribution in [2.24, 2.45) is 0 Å². The molecule has 0 bridgehead atoms. The molecule has 0 saturated heterocycles. The van der Waals surface area contributed by atoms with E-state index in [0.717, 1.165) is 31.7 Å². The highest BCUT2D eigenvalue weighted by Crippen LogP contribution is 2.11. The summed E-state index contributed by atoms with van der Waals surface area (Å²) in [6.45, 7) is 5.40. The van der Waals surface area contributed by atoms with Crippen LogP contribution in [-0.4, -0.2) is 37.3 Å². The van der Waals surface area contributed by atoms with Crippen molar-refractivity contribution in [3.05, 3.63) is 23.7 Å². The Morgan fingerprint density at radius 2 is 1.69 bits per heavy atom. The molecule has 0 fully saturated rings. The van der Waals surface area contributed by atoms with Crippen molar-refractivity contribution in [2.45, 2.75) is 71.4 Å². The Hall–Kier alpha value is -1.37. The Morgan fingerprint density at radius 1 is 1.00 bits per heavy atom. The molecule has 0 radical (unpaired) electrons. The first kappa shape index (κ1) is 22.7. The first-order valence-corrected chi connectivity index (χ1v) is 10.0. The van der Waals surface area contributed by atoms with Crippen molar-refractivity contribution in [3.8, 4) is 0 Å². The van der Waals surface area contributed by atoms with Gasteiger partial charge in [-0.25, -0.2) is 0 Å². The fraction of sp³-hybridized carbons (Fsp3) is 0.750. The Morgan fingerprint density at radius 3 is 2.46 bits per heavy atom. The number of ether oxygens (including phenoxy) is 1. The topological polar surface area (TPSA) is 83.7 Å². The second kappa shape index (κ2) is 15.9. The molecule has 0 aliphatic rings. The number of carbonyl (C=O) groups excluding carboxylic acids is 1. The lowest BCUT2D eigenvalue weighted by Crippen LogP contribution is -2.28. The van der Waals surface area contributed by atoms with Gasteiger partial charge >= 0.3 is 5.97 Å². The van der Waals surface area contributed by atoms with Crippen LogP contribution in [0.2, 0.25) is 0 Å². The van der Waals surface area contributed by atoms with E-state index in [0.29, 0.717) is 25.3 Å². The van der Waals surface area contributed by atoms with Crippen LogP contribution in [0.25, 0.3) is 0 Å². The third-order valence-corrected chi connectivity index (χ3v) is 4.14. The summed E-state index contributed by atoms with van der Waals surface area (Å²) in [6.07, 6.45) is 8.84. The Labute approximate surface area is 157 Å². The molecule has 0 aliphatic carbocycles. The van der Waals surface area contributed by atoms with E-state index in [4.69, 9.17) is 14.3 Å². The van der Waals surface area contributed by atoms with Gasteiger partial charge in [0, 0.05) is 26.1 Å². The van der Waals surface area contributed by atoms with E-state index in [1.165, 1.54) is 32.1 Å². The van der Waals surface area contributed by atoms with Crippen LogP contribution in [0.5, 0.6) is 0 Å². The van der Waals surface area contributed by atoms with E-state index >= 15 is 0 Å². The predicted molar refractivity (Wildman–Crippen MR) is 103 cm³/mol. The molecule has 3 N–H and O–H groups in total. The molecule has 150 valence electrons. The van der Waals surface area contributed by atoms with Gasteiger partial charge in [-0.15, -0.1) is 0 Å². The number of furan rings is 1. The van der Waals surface area contributed by atoms with E-state index in [1.54, 1.807) is 0 Å². The van der Waals surface area contributed by atoms with Crippen molar-refractivity contribution in [1.82, 2.24) is 10.6 Å². The maximum Gasteiger partial charge on any atom is 0.306 e. The SMILES string of the molecule is CCCCCCCCCC(=O)OCc1ccc(CNCCNCCO)o1. The molecule has 0 amide bonds. The number of unbranched alkanes of at least 4 members (excludes halogenated alkanes) is 6. The fourth-order valence-corrected chi connectivity index (χ4v) is 2.64. The number of aliphatic hydroxyl groups is 1. The minimum Gasteiger partial charge on any atom is -0.461 e. The molecule has 0 unspecified atom stereocenters. The third-order valence-electron chi connectivity index (χ3n) is 4.14. The number of esters is 1. The maximum atomic E-state index is 11.8. The summed E-state index contributed by atoms with van der Waals surface area (Å²) in [6, 6.07) is 3.75. The summed E-state index contributed by atoms with van der Waals surface area (Å²) in [7, 11) is 0. The fourth-order valence-electron chi connectivity index (χ4n) is 2.64. The molecule has 1 aromatic heterocycles. The Kier molecular flexibility index (Phi) is 13.8. The molecule has 0 atom stereocenters. The van der Waals surface area contributed by atoms with Gasteiger partial charge in [-0.3, -0.25) is 4.79 Å². The minimum atomic E-state index is -0.149. The van der Waals surface area contributed by atoms with Gasteiger partial charge < -0.3 is 24.9 Å². The van der Waals surface area contributed by atoms with Crippen molar-refractivity contribution in [2.75, 3.05) is 26.2 Å². The van der Waals surface area contributed by atoms with Gasteiger partial charge in [0.15, 0.2) is 0 Å². The molecular weight excluding hydrogens is 332 g/mol. The molecule has 6 heteroatoms. The van der Waals surface area contributed by atoms with Crippen molar-refractivity contribution < 1.29 is 19.1 Å². The second-order valence-electron chi connectivity index (χ2n) is 6.55. The number of hydrogen-bond donors (Lipinski definition) is 3. The van der Waals surface area contributed by atoms with E-state index in [-0.39, 0.29) is 19.2 Å². The number of hydrogen-bond acceptors (Lipinski definition) is 6. The lowest BCUT2D eigenvalue weighted by Gasteiger charge is -2.04. The summed E-state index contributed by atoms with van der Waals surface area (Å²) in [4.78, 5) is 11.8. The highest BCUT2D eigenvalue weighted by molar-refractivity contribution is 5.69. The zero-order chi connectivity index (χ0) is 18.9. The number of rotatable bonds is 17. The summed E-state index contributed by atoms with van der Waals surface area (Å²) < 4.78 is 10.9. The monoisotopic (exact) mass is 368 g/mol.